The average Bonchev–Trinajstić information content (AvgIpc) is 2.65. The quantitative estimate of drug-likeness (QED) is 0.450. The van der Waals surface area contributed by atoms with E-state index in [-0.39, 0.29) is 12.2 Å². The van der Waals surface area contributed by atoms with Crippen molar-refractivity contribution in [2.45, 2.75) is 11.3 Å². The van der Waals surface area contributed by atoms with Crippen molar-refractivity contribution in [1.82, 2.24) is 5.32 Å². The van der Waals surface area contributed by atoms with Crippen LogP contribution in [0.1, 0.15) is 6.42 Å². The molecule has 0 aliphatic rings. The van der Waals surface area contributed by atoms with Crippen LogP contribution in [-0.4, -0.2) is 46.5 Å². The summed E-state index contributed by atoms with van der Waals surface area (Å²) in [6, 6.07) is 14.6. The number of amides is 1. The summed E-state index contributed by atoms with van der Waals surface area (Å²) in [5.41, 5.74) is 0.229. The second kappa shape index (κ2) is 10.6. The Hall–Kier alpha value is -1.90. The lowest BCUT2D eigenvalue weighted by molar-refractivity contribution is -0.119. The molecule has 0 aromatic heterocycles. The van der Waals surface area contributed by atoms with Crippen molar-refractivity contribution in [3.63, 3.8) is 0 Å². The number of benzene rings is 2. The molecule has 0 aliphatic heterocycles. The lowest BCUT2D eigenvalue weighted by atomic mass is 10.3. The number of hydrogen-bond acceptors (Lipinski definition) is 5. The molecule has 0 fully saturated rings. The Morgan fingerprint density at radius 2 is 1.93 bits per heavy atom. The van der Waals surface area contributed by atoms with Crippen LogP contribution in [0.3, 0.4) is 0 Å². The Morgan fingerprint density at radius 3 is 2.57 bits per heavy atom. The minimum Gasteiger partial charge on any atom is -0.495 e. The van der Waals surface area contributed by atoms with Crippen LogP contribution in [-0.2, 0) is 14.8 Å². The van der Waals surface area contributed by atoms with Gasteiger partial charge < -0.3 is 10.1 Å². The fourth-order valence-electron chi connectivity index (χ4n) is 2.43. The fourth-order valence-corrected chi connectivity index (χ4v) is 4.32. The van der Waals surface area contributed by atoms with Gasteiger partial charge in [-0.1, -0.05) is 29.8 Å². The molecule has 0 heterocycles. The molecule has 0 radical (unpaired) electrons. The van der Waals surface area contributed by atoms with Gasteiger partial charge in [0.2, 0.25) is 15.9 Å². The van der Waals surface area contributed by atoms with Crippen molar-refractivity contribution in [2.75, 3.05) is 36.5 Å². The molecule has 0 aliphatic carbocycles. The summed E-state index contributed by atoms with van der Waals surface area (Å²) >= 11 is 7.70. The number of anilines is 1. The van der Waals surface area contributed by atoms with Gasteiger partial charge in [-0.3, -0.25) is 9.10 Å². The maximum atomic E-state index is 12.3. The molecule has 2 aromatic carbocycles. The van der Waals surface area contributed by atoms with E-state index in [1.165, 1.54) is 18.1 Å². The van der Waals surface area contributed by atoms with Crippen molar-refractivity contribution in [1.29, 1.82) is 0 Å². The van der Waals surface area contributed by atoms with Gasteiger partial charge in [0.05, 0.1) is 19.1 Å². The number of halogens is 1. The molecule has 6 nitrogen and oxygen atoms in total. The van der Waals surface area contributed by atoms with Crippen LogP contribution < -0.4 is 14.4 Å². The molecule has 28 heavy (non-hydrogen) atoms. The number of thioether (sulfide) groups is 1. The molecular formula is C19H23ClN2O4S2. The summed E-state index contributed by atoms with van der Waals surface area (Å²) in [6.45, 7) is 0.115. The standard InChI is InChI=1S/C19H23ClN2O4S2/c1-26-18-10-9-15(20)13-17(18)22(28(2,24)25)14-19(23)21-11-6-12-27-16-7-4-3-5-8-16/h3-5,7-10,13H,6,11-12,14H2,1-2H3,(H,21,23). The smallest absolute Gasteiger partial charge is 0.240 e. The Morgan fingerprint density at radius 1 is 1.21 bits per heavy atom. The molecule has 1 N–H and O–H groups in total. The highest BCUT2D eigenvalue weighted by molar-refractivity contribution is 7.99. The molecule has 9 heteroatoms. The number of carbonyl (C=O) groups excluding carboxylic acids is 1. The van der Waals surface area contributed by atoms with E-state index in [0.29, 0.717) is 17.3 Å². The van der Waals surface area contributed by atoms with Gasteiger partial charge in [0, 0.05) is 16.5 Å². The third-order valence-corrected chi connectivity index (χ3v) is 6.21. The van der Waals surface area contributed by atoms with Crippen molar-refractivity contribution >= 4 is 45.0 Å². The molecule has 1 amide bonds. The summed E-state index contributed by atoms with van der Waals surface area (Å²) in [7, 11) is -2.28. The first-order valence-electron chi connectivity index (χ1n) is 8.57. The van der Waals surface area contributed by atoms with Gasteiger partial charge in [-0.25, -0.2) is 8.42 Å². The van der Waals surface area contributed by atoms with Crippen LogP contribution in [0.15, 0.2) is 53.4 Å². The van der Waals surface area contributed by atoms with Crippen molar-refractivity contribution in [3.05, 3.63) is 53.6 Å². The van der Waals surface area contributed by atoms with Crippen LogP contribution in [0.25, 0.3) is 0 Å². The van der Waals surface area contributed by atoms with E-state index >= 15 is 0 Å². The number of rotatable bonds is 10. The SMILES string of the molecule is COc1ccc(Cl)cc1N(CC(=O)NCCCSc1ccccc1)S(C)(=O)=O. The Labute approximate surface area is 175 Å². The first kappa shape index (κ1) is 22.4. The zero-order valence-corrected chi connectivity index (χ0v) is 18.1. The fraction of sp³-hybridized carbons (Fsp3) is 0.316. The third kappa shape index (κ3) is 6.92. The van der Waals surface area contributed by atoms with Crippen molar-refractivity contribution in [3.8, 4) is 5.75 Å². The number of nitrogens with one attached hydrogen (secondary N) is 1. The number of carbonyl (C=O) groups is 1. The maximum Gasteiger partial charge on any atom is 0.240 e. The van der Waals surface area contributed by atoms with E-state index in [2.05, 4.69) is 5.32 Å². The lowest BCUT2D eigenvalue weighted by Gasteiger charge is -2.24. The van der Waals surface area contributed by atoms with Gasteiger partial charge in [0.25, 0.3) is 0 Å². The topological polar surface area (TPSA) is 75.7 Å². The van der Waals surface area contributed by atoms with E-state index in [1.54, 1.807) is 23.9 Å². The first-order chi connectivity index (χ1) is 13.3. The van der Waals surface area contributed by atoms with Crippen molar-refractivity contribution in [2.24, 2.45) is 0 Å². The third-order valence-electron chi connectivity index (χ3n) is 3.75. The number of sulfonamides is 1. The van der Waals surface area contributed by atoms with Gasteiger partial charge in [0.1, 0.15) is 12.3 Å². The molecule has 0 spiro atoms. The van der Waals surface area contributed by atoms with Gasteiger partial charge >= 0.3 is 0 Å². The minimum absolute atomic E-state index is 0.229. The lowest BCUT2D eigenvalue weighted by Crippen LogP contribution is -2.40. The summed E-state index contributed by atoms with van der Waals surface area (Å²) in [5.74, 6) is 0.779. The van der Waals surface area contributed by atoms with Gasteiger partial charge in [-0.15, -0.1) is 11.8 Å². The number of methoxy groups -OCH3 is 1. The number of nitrogens with zero attached hydrogens (tertiary/aromatic N) is 1. The Kier molecular flexibility index (Phi) is 8.47. The highest BCUT2D eigenvalue weighted by Gasteiger charge is 2.24. The largest absolute Gasteiger partial charge is 0.495 e. The zero-order chi connectivity index (χ0) is 20.6. The van der Waals surface area contributed by atoms with E-state index < -0.39 is 15.9 Å². The zero-order valence-electron chi connectivity index (χ0n) is 15.7. The number of hydrogen-bond donors (Lipinski definition) is 1. The van der Waals surface area contributed by atoms with Crippen molar-refractivity contribution < 1.29 is 17.9 Å². The van der Waals surface area contributed by atoms with E-state index in [9.17, 15) is 13.2 Å². The highest BCUT2D eigenvalue weighted by Crippen LogP contribution is 2.32. The van der Waals surface area contributed by atoms with Gasteiger partial charge in [-0.2, -0.15) is 0 Å². The normalized spacial score (nSPS) is 11.1. The van der Waals surface area contributed by atoms with Crippen LogP contribution in [0, 0.1) is 0 Å². The highest BCUT2D eigenvalue weighted by atomic mass is 35.5. The molecule has 0 atom stereocenters. The molecule has 152 valence electrons. The monoisotopic (exact) mass is 442 g/mol. The predicted molar refractivity (Wildman–Crippen MR) is 115 cm³/mol. The molecule has 0 saturated carbocycles. The Bertz CT molecular complexity index is 892. The average molecular weight is 443 g/mol. The minimum atomic E-state index is -3.70. The first-order valence-corrected chi connectivity index (χ1v) is 11.8. The van der Waals surface area contributed by atoms with Gasteiger partial charge in [0.15, 0.2) is 0 Å². The summed E-state index contributed by atoms with van der Waals surface area (Å²) in [6.07, 6.45) is 1.81. The molecule has 0 saturated heterocycles. The predicted octanol–water partition coefficient (Wildman–Crippen LogP) is 3.41. The van der Waals surface area contributed by atoms with Crippen LogP contribution in [0.5, 0.6) is 5.75 Å². The molecule has 2 aromatic rings. The Balaban J connectivity index is 1.92. The molecule has 2 rings (SSSR count). The second-order valence-corrected chi connectivity index (χ2v) is 9.46. The molecule has 0 unspecified atom stereocenters. The summed E-state index contributed by atoms with van der Waals surface area (Å²) < 4.78 is 30.7. The second-order valence-electron chi connectivity index (χ2n) is 5.95. The van der Waals surface area contributed by atoms with Crippen LogP contribution in [0.2, 0.25) is 5.02 Å². The van der Waals surface area contributed by atoms with Crippen LogP contribution in [0.4, 0.5) is 5.69 Å². The summed E-state index contributed by atoms with van der Waals surface area (Å²) in [4.78, 5) is 13.5. The van der Waals surface area contributed by atoms with E-state index in [4.69, 9.17) is 16.3 Å². The maximum absolute atomic E-state index is 12.3. The van der Waals surface area contributed by atoms with E-state index in [0.717, 1.165) is 22.7 Å². The van der Waals surface area contributed by atoms with E-state index in [1.807, 2.05) is 30.3 Å². The molecular weight excluding hydrogens is 420 g/mol. The molecule has 0 bridgehead atoms. The van der Waals surface area contributed by atoms with Crippen LogP contribution >= 0.6 is 23.4 Å². The van der Waals surface area contributed by atoms with Gasteiger partial charge in [-0.05, 0) is 42.5 Å². The summed E-state index contributed by atoms with van der Waals surface area (Å²) in [5, 5.41) is 3.11. The number of ether oxygens (including phenoxy) is 1.